The van der Waals surface area contributed by atoms with Crippen molar-refractivity contribution in [3.8, 4) is 5.75 Å². The second-order valence-electron chi connectivity index (χ2n) is 9.36. The zero-order chi connectivity index (χ0) is 20.2. The van der Waals surface area contributed by atoms with Gasteiger partial charge in [-0.25, -0.2) is 0 Å². The van der Waals surface area contributed by atoms with E-state index < -0.39 is 0 Å². The zero-order valence-corrected chi connectivity index (χ0v) is 17.1. The number of para-hydroxylation sites is 1. The fraction of sp³-hybridized carbons (Fsp3) is 0.296. The van der Waals surface area contributed by atoms with Gasteiger partial charge in [0.2, 0.25) is 0 Å². The van der Waals surface area contributed by atoms with Crippen LogP contribution in [0.1, 0.15) is 54.9 Å². The molecule has 0 radical (unpaired) electrons. The van der Waals surface area contributed by atoms with Crippen molar-refractivity contribution in [1.82, 2.24) is 0 Å². The first-order chi connectivity index (χ1) is 14.0. The molecular weight excluding hydrogens is 356 g/mol. The van der Waals surface area contributed by atoms with E-state index in [9.17, 15) is 4.79 Å². The van der Waals surface area contributed by atoms with Crippen molar-refractivity contribution in [1.29, 1.82) is 0 Å². The molecule has 29 heavy (non-hydrogen) atoms. The number of hydrogen-bond acceptors (Lipinski definition) is 2. The van der Waals surface area contributed by atoms with Crippen LogP contribution in [0.5, 0.6) is 5.75 Å². The number of benzene rings is 3. The van der Waals surface area contributed by atoms with E-state index in [1.807, 2.05) is 30.3 Å². The summed E-state index contributed by atoms with van der Waals surface area (Å²) in [6, 6.07) is 26.8. The number of fused-ring (bicyclic) bond motifs is 1. The highest BCUT2D eigenvalue weighted by molar-refractivity contribution is 5.80. The molecule has 6 rings (SSSR count). The quantitative estimate of drug-likeness (QED) is 0.392. The van der Waals surface area contributed by atoms with E-state index in [1.165, 1.54) is 22.3 Å². The van der Waals surface area contributed by atoms with Crippen molar-refractivity contribution in [3.63, 3.8) is 0 Å². The van der Waals surface area contributed by atoms with Gasteiger partial charge >= 0.3 is 5.97 Å². The first-order valence-corrected chi connectivity index (χ1v) is 10.4. The molecule has 2 nitrogen and oxygen atoms in total. The minimum Gasteiger partial charge on any atom is -0.426 e. The van der Waals surface area contributed by atoms with Crippen LogP contribution < -0.4 is 4.74 Å². The summed E-state index contributed by atoms with van der Waals surface area (Å²) in [7, 11) is 0. The van der Waals surface area contributed by atoms with Crippen LogP contribution in [-0.4, -0.2) is 5.97 Å². The van der Waals surface area contributed by atoms with E-state index >= 15 is 0 Å². The van der Waals surface area contributed by atoms with Gasteiger partial charge in [-0.1, -0.05) is 87.5 Å². The average molecular weight is 383 g/mol. The molecule has 0 saturated heterocycles. The topological polar surface area (TPSA) is 26.3 Å². The fourth-order valence-corrected chi connectivity index (χ4v) is 5.67. The van der Waals surface area contributed by atoms with E-state index in [0.29, 0.717) is 5.75 Å². The van der Waals surface area contributed by atoms with Gasteiger partial charge in [0.25, 0.3) is 0 Å². The normalized spacial score (nSPS) is 24.5. The number of esters is 1. The monoisotopic (exact) mass is 382 g/mol. The molecule has 3 aliphatic rings. The van der Waals surface area contributed by atoms with Crippen LogP contribution in [0.15, 0.2) is 78.9 Å². The third-order valence-electron chi connectivity index (χ3n) is 6.67. The van der Waals surface area contributed by atoms with Gasteiger partial charge in [-0.05, 0) is 45.7 Å². The standard InChI is InChI=1S/C27H26O2/c1-27(2,3)25-23-20-15-9-7-13-18(20)22(19-14-8-10-16-21(19)23)24(25)26(28)29-17-11-5-4-6-12-17/h4-16,22-25H,1-3H3. The number of carbonyl (C=O) groups is 1. The van der Waals surface area contributed by atoms with Crippen LogP contribution in [0.4, 0.5) is 0 Å². The Morgan fingerprint density at radius 3 is 1.62 bits per heavy atom. The van der Waals surface area contributed by atoms with Gasteiger partial charge in [0.05, 0.1) is 5.92 Å². The lowest BCUT2D eigenvalue weighted by Crippen LogP contribution is -2.49. The van der Waals surface area contributed by atoms with Crippen molar-refractivity contribution in [2.45, 2.75) is 32.6 Å². The lowest BCUT2D eigenvalue weighted by atomic mass is 9.49. The summed E-state index contributed by atoms with van der Waals surface area (Å²) < 4.78 is 5.92. The van der Waals surface area contributed by atoms with Gasteiger partial charge in [0.1, 0.15) is 5.75 Å². The van der Waals surface area contributed by atoms with Crippen LogP contribution in [-0.2, 0) is 4.79 Å². The summed E-state index contributed by atoms with van der Waals surface area (Å²) in [5, 5.41) is 0. The Balaban J connectivity index is 1.69. The highest BCUT2D eigenvalue weighted by atomic mass is 16.5. The minimum atomic E-state index is -0.204. The Labute approximate surface area is 172 Å². The predicted octanol–water partition coefficient (Wildman–Crippen LogP) is 6.16. The molecule has 2 atom stereocenters. The van der Waals surface area contributed by atoms with Crippen molar-refractivity contribution in [2.24, 2.45) is 17.3 Å². The van der Waals surface area contributed by atoms with E-state index in [4.69, 9.17) is 4.74 Å². The number of ether oxygens (including phenoxy) is 1. The van der Waals surface area contributed by atoms with Crippen LogP contribution in [0.3, 0.4) is 0 Å². The smallest absolute Gasteiger partial charge is 0.315 e. The largest absolute Gasteiger partial charge is 0.426 e. The maximum absolute atomic E-state index is 13.6. The Morgan fingerprint density at radius 2 is 1.14 bits per heavy atom. The van der Waals surface area contributed by atoms with Crippen LogP contribution >= 0.6 is 0 Å². The van der Waals surface area contributed by atoms with Gasteiger partial charge in [0.15, 0.2) is 0 Å². The van der Waals surface area contributed by atoms with Crippen molar-refractivity contribution >= 4 is 5.97 Å². The van der Waals surface area contributed by atoms with E-state index in [2.05, 4.69) is 69.3 Å². The Morgan fingerprint density at radius 1 is 0.690 bits per heavy atom. The number of rotatable bonds is 2. The molecular formula is C27H26O2. The van der Waals surface area contributed by atoms with Crippen LogP contribution in [0.2, 0.25) is 0 Å². The molecule has 0 aliphatic heterocycles. The molecule has 2 unspecified atom stereocenters. The molecule has 3 aliphatic carbocycles. The predicted molar refractivity (Wildman–Crippen MR) is 115 cm³/mol. The summed E-state index contributed by atoms with van der Waals surface area (Å²) in [6.45, 7) is 6.77. The summed E-state index contributed by atoms with van der Waals surface area (Å²) in [6.07, 6.45) is 0. The molecule has 0 saturated carbocycles. The first-order valence-electron chi connectivity index (χ1n) is 10.4. The number of hydrogen-bond donors (Lipinski definition) is 0. The Hall–Kier alpha value is -2.87. The van der Waals surface area contributed by atoms with Crippen molar-refractivity contribution in [2.75, 3.05) is 0 Å². The second kappa shape index (κ2) is 6.59. The molecule has 3 aromatic rings. The summed E-state index contributed by atoms with van der Waals surface area (Å²) in [5.74, 6) is 0.718. The van der Waals surface area contributed by atoms with E-state index in [0.717, 1.165) is 0 Å². The fourth-order valence-electron chi connectivity index (χ4n) is 5.67. The van der Waals surface area contributed by atoms with E-state index in [-0.39, 0.29) is 35.1 Å². The first kappa shape index (κ1) is 18.2. The van der Waals surface area contributed by atoms with Gasteiger partial charge in [0, 0.05) is 11.8 Å². The average Bonchev–Trinajstić information content (AvgIpc) is 2.73. The molecule has 0 N–H and O–H groups in total. The summed E-state index contributed by atoms with van der Waals surface area (Å²) >= 11 is 0. The third-order valence-corrected chi connectivity index (χ3v) is 6.67. The van der Waals surface area contributed by atoms with E-state index in [1.54, 1.807) is 0 Å². The lowest BCUT2D eigenvalue weighted by molar-refractivity contribution is -0.144. The zero-order valence-electron chi connectivity index (χ0n) is 17.1. The lowest BCUT2D eigenvalue weighted by Gasteiger charge is -2.54. The molecule has 0 heterocycles. The van der Waals surface area contributed by atoms with Gasteiger partial charge in [-0.15, -0.1) is 0 Å². The molecule has 3 aromatic carbocycles. The highest BCUT2D eigenvalue weighted by Crippen LogP contribution is 2.62. The molecule has 2 bridgehead atoms. The molecule has 146 valence electrons. The van der Waals surface area contributed by atoms with Gasteiger partial charge in [-0.2, -0.15) is 0 Å². The molecule has 2 heteroatoms. The van der Waals surface area contributed by atoms with Gasteiger partial charge in [-0.3, -0.25) is 4.79 Å². The Bertz CT molecular complexity index is 1010. The summed E-state index contributed by atoms with van der Waals surface area (Å²) in [5.41, 5.74) is 5.28. The maximum Gasteiger partial charge on any atom is 0.315 e. The minimum absolute atomic E-state index is 0.0350. The summed E-state index contributed by atoms with van der Waals surface area (Å²) in [4.78, 5) is 13.6. The van der Waals surface area contributed by atoms with Crippen LogP contribution in [0, 0.1) is 17.3 Å². The second-order valence-corrected chi connectivity index (χ2v) is 9.36. The molecule has 0 amide bonds. The van der Waals surface area contributed by atoms with Crippen LogP contribution in [0.25, 0.3) is 0 Å². The molecule has 0 spiro atoms. The third kappa shape index (κ3) is 2.81. The highest BCUT2D eigenvalue weighted by Gasteiger charge is 2.56. The SMILES string of the molecule is CC(C)(C)C1C2c3ccccc3C(c3ccccc32)C1C(=O)Oc1ccccc1. The van der Waals surface area contributed by atoms with Crippen molar-refractivity contribution in [3.05, 3.63) is 101 Å². The van der Waals surface area contributed by atoms with Gasteiger partial charge < -0.3 is 4.74 Å². The number of carbonyl (C=O) groups excluding carboxylic acids is 1. The molecule has 0 fully saturated rings. The molecule has 0 aromatic heterocycles. The van der Waals surface area contributed by atoms with Crippen molar-refractivity contribution < 1.29 is 9.53 Å². The maximum atomic E-state index is 13.6. The Kier molecular flexibility index (Phi) is 4.13.